The predicted molar refractivity (Wildman–Crippen MR) is 90.3 cm³/mol. The maximum atomic E-state index is 12.0. The maximum absolute atomic E-state index is 12.0. The first kappa shape index (κ1) is 17.1. The van der Waals surface area contributed by atoms with Crippen molar-refractivity contribution in [2.24, 2.45) is 0 Å². The second-order valence-corrected chi connectivity index (χ2v) is 6.95. The van der Waals surface area contributed by atoms with Crippen LogP contribution in [0.25, 0.3) is 11.0 Å². The molecule has 0 aliphatic rings. The number of aryl methyl sites for hydroxylation is 2. The lowest BCUT2D eigenvalue weighted by molar-refractivity contribution is -0.126. The number of benzene rings is 1. The van der Waals surface area contributed by atoms with Gasteiger partial charge in [0.2, 0.25) is 11.8 Å². The molecule has 2 N–H and O–H groups in total. The van der Waals surface area contributed by atoms with Crippen LogP contribution in [0.3, 0.4) is 0 Å². The molecule has 5 heteroatoms. The van der Waals surface area contributed by atoms with Gasteiger partial charge in [0.1, 0.15) is 5.58 Å². The minimum atomic E-state index is -0.308. The number of furan rings is 1. The van der Waals surface area contributed by atoms with Crippen molar-refractivity contribution in [3.05, 3.63) is 35.1 Å². The van der Waals surface area contributed by atoms with Crippen molar-refractivity contribution in [2.75, 3.05) is 6.54 Å². The highest BCUT2D eigenvalue weighted by Gasteiger charge is 2.15. The van der Waals surface area contributed by atoms with Crippen molar-refractivity contribution in [3.63, 3.8) is 0 Å². The summed E-state index contributed by atoms with van der Waals surface area (Å²) >= 11 is 0. The highest BCUT2D eigenvalue weighted by atomic mass is 16.3. The Morgan fingerprint density at radius 1 is 1.09 bits per heavy atom. The molecule has 2 amide bonds. The molecule has 2 rings (SSSR count). The van der Waals surface area contributed by atoms with Crippen LogP contribution in [-0.4, -0.2) is 23.9 Å². The first-order chi connectivity index (χ1) is 10.7. The Kier molecular flexibility index (Phi) is 4.78. The molecule has 5 nitrogen and oxygen atoms in total. The summed E-state index contributed by atoms with van der Waals surface area (Å²) in [5.74, 6) is -0.399. The van der Waals surface area contributed by atoms with Crippen molar-refractivity contribution in [2.45, 2.75) is 46.6 Å². The van der Waals surface area contributed by atoms with Gasteiger partial charge in [-0.05, 0) is 57.9 Å². The van der Waals surface area contributed by atoms with Gasteiger partial charge in [-0.25, -0.2) is 0 Å². The number of nitrogens with one attached hydrogen (secondary N) is 2. The summed E-state index contributed by atoms with van der Waals surface area (Å²) in [6.07, 6.45) is 1.80. The molecular formula is C18H24N2O3. The van der Waals surface area contributed by atoms with Crippen LogP contribution in [0.5, 0.6) is 0 Å². The second-order valence-electron chi connectivity index (χ2n) is 6.95. The molecule has 1 aromatic heterocycles. The van der Waals surface area contributed by atoms with Crippen molar-refractivity contribution in [3.8, 4) is 0 Å². The van der Waals surface area contributed by atoms with E-state index in [1.165, 1.54) is 0 Å². The van der Waals surface area contributed by atoms with E-state index in [1.807, 2.05) is 46.8 Å². The molecule has 0 fully saturated rings. The van der Waals surface area contributed by atoms with Crippen LogP contribution >= 0.6 is 0 Å². The summed E-state index contributed by atoms with van der Waals surface area (Å²) in [5.41, 5.74) is 3.61. The molecule has 0 unspecified atom stereocenters. The third-order valence-electron chi connectivity index (χ3n) is 3.58. The fourth-order valence-electron chi connectivity index (χ4n) is 2.35. The van der Waals surface area contributed by atoms with Gasteiger partial charge >= 0.3 is 0 Å². The number of amides is 2. The third kappa shape index (κ3) is 4.58. The van der Waals surface area contributed by atoms with E-state index in [2.05, 4.69) is 10.6 Å². The Bertz CT molecular complexity index is 739. The Morgan fingerprint density at radius 3 is 2.39 bits per heavy atom. The molecule has 1 heterocycles. The minimum absolute atomic E-state index is 0.0238. The van der Waals surface area contributed by atoms with Gasteiger partial charge in [-0.3, -0.25) is 9.59 Å². The third-order valence-corrected chi connectivity index (χ3v) is 3.58. The van der Waals surface area contributed by atoms with E-state index >= 15 is 0 Å². The van der Waals surface area contributed by atoms with E-state index in [0.29, 0.717) is 0 Å². The van der Waals surface area contributed by atoms with E-state index < -0.39 is 0 Å². The summed E-state index contributed by atoms with van der Waals surface area (Å²) in [6, 6.07) is 4.01. The van der Waals surface area contributed by atoms with E-state index in [-0.39, 0.29) is 30.3 Å². The lowest BCUT2D eigenvalue weighted by Gasteiger charge is -2.20. The van der Waals surface area contributed by atoms with Gasteiger partial charge in [0.15, 0.2) is 0 Å². The molecule has 0 aliphatic carbocycles. The van der Waals surface area contributed by atoms with Crippen molar-refractivity contribution in [1.82, 2.24) is 10.6 Å². The van der Waals surface area contributed by atoms with Gasteiger partial charge in [0.25, 0.3) is 0 Å². The van der Waals surface area contributed by atoms with Crippen LogP contribution in [0.15, 0.2) is 22.8 Å². The van der Waals surface area contributed by atoms with Crippen LogP contribution in [-0.2, 0) is 16.0 Å². The molecule has 0 bridgehead atoms. The normalized spacial score (nSPS) is 11.5. The zero-order valence-electron chi connectivity index (χ0n) is 14.4. The van der Waals surface area contributed by atoms with Crippen LogP contribution in [0.1, 0.15) is 37.5 Å². The number of rotatable bonds is 4. The number of fused-ring (bicyclic) bond motifs is 1. The Labute approximate surface area is 136 Å². The standard InChI is InChI=1S/C18H24N2O3/c1-11-6-14-13(10-23-15(14)7-12(11)2)8-16(21)19-9-17(22)20-18(3,4)5/h6-7,10H,8-9H2,1-5H3,(H,19,21)(H,20,22). The van der Waals surface area contributed by atoms with Gasteiger partial charge in [-0.2, -0.15) is 0 Å². The summed E-state index contributed by atoms with van der Waals surface area (Å²) in [5, 5.41) is 6.39. The molecule has 124 valence electrons. The highest BCUT2D eigenvalue weighted by molar-refractivity contribution is 5.90. The Balaban J connectivity index is 1.98. The summed E-state index contributed by atoms with van der Waals surface area (Å²) in [4.78, 5) is 23.8. The average molecular weight is 316 g/mol. The monoisotopic (exact) mass is 316 g/mol. The molecule has 0 aliphatic heterocycles. The molecule has 0 atom stereocenters. The first-order valence-electron chi connectivity index (χ1n) is 7.71. The molecule has 1 aromatic carbocycles. The van der Waals surface area contributed by atoms with Crippen LogP contribution < -0.4 is 10.6 Å². The Hall–Kier alpha value is -2.30. The molecule has 0 radical (unpaired) electrons. The first-order valence-corrected chi connectivity index (χ1v) is 7.71. The molecular weight excluding hydrogens is 292 g/mol. The largest absolute Gasteiger partial charge is 0.464 e. The van der Waals surface area contributed by atoms with Gasteiger partial charge in [0, 0.05) is 16.5 Å². The maximum Gasteiger partial charge on any atom is 0.239 e. The van der Waals surface area contributed by atoms with Gasteiger partial charge < -0.3 is 15.1 Å². The Morgan fingerprint density at radius 2 is 1.74 bits per heavy atom. The lowest BCUT2D eigenvalue weighted by atomic mass is 10.0. The molecule has 2 aromatic rings. The minimum Gasteiger partial charge on any atom is -0.464 e. The molecule has 0 saturated carbocycles. The van der Waals surface area contributed by atoms with E-state index in [0.717, 1.165) is 27.7 Å². The van der Waals surface area contributed by atoms with Gasteiger partial charge in [-0.1, -0.05) is 0 Å². The summed E-state index contributed by atoms with van der Waals surface area (Å²) in [7, 11) is 0. The number of carbonyl (C=O) groups is 2. The SMILES string of the molecule is Cc1cc2occ(CC(=O)NCC(=O)NC(C)(C)C)c2cc1C. The smallest absolute Gasteiger partial charge is 0.239 e. The van der Waals surface area contributed by atoms with Crippen molar-refractivity contribution >= 4 is 22.8 Å². The lowest BCUT2D eigenvalue weighted by Crippen LogP contribution is -2.46. The van der Waals surface area contributed by atoms with Crippen molar-refractivity contribution < 1.29 is 14.0 Å². The highest BCUT2D eigenvalue weighted by Crippen LogP contribution is 2.25. The van der Waals surface area contributed by atoms with Crippen molar-refractivity contribution in [1.29, 1.82) is 0 Å². The molecule has 23 heavy (non-hydrogen) atoms. The summed E-state index contributed by atoms with van der Waals surface area (Å²) in [6.45, 7) is 9.72. The predicted octanol–water partition coefficient (Wildman–Crippen LogP) is 2.62. The van der Waals surface area contributed by atoms with E-state index in [4.69, 9.17) is 4.42 Å². The molecule has 0 spiro atoms. The van der Waals surface area contributed by atoms with Crippen LogP contribution in [0.2, 0.25) is 0 Å². The molecule has 0 saturated heterocycles. The number of hydrogen-bond acceptors (Lipinski definition) is 3. The number of hydrogen-bond donors (Lipinski definition) is 2. The quantitative estimate of drug-likeness (QED) is 0.911. The second kappa shape index (κ2) is 6.44. The fourth-order valence-corrected chi connectivity index (χ4v) is 2.35. The van der Waals surface area contributed by atoms with Gasteiger partial charge in [-0.15, -0.1) is 0 Å². The number of carbonyl (C=O) groups excluding carboxylic acids is 2. The summed E-state index contributed by atoms with van der Waals surface area (Å²) < 4.78 is 5.52. The zero-order chi connectivity index (χ0) is 17.2. The fraction of sp³-hybridized carbons (Fsp3) is 0.444. The van der Waals surface area contributed by atoms with Crippen LogP contribution in [0, 0.1) is 13.8 Å². The van der Waals surface area contributed by atoms with Gasteiger partial charge in [0.05, 0.1) is 19.2 Å². The average Bonchev–Trinajstić information content (AvgIpc) is 2.78. The van der Waals surface area contributed by atoms with E-state index in [9.17, 15) is 9.59 Å². The topological polar surface area (TPSA) is 71.3 Å². The van der Waals surface area contributed by atoms with Crippen LogP contribution in [0.4, 0.5) is 0 Å². The zero-order valence-corrected chi connectivity index (χ0v) is 14.4. The van der Waals surface area contributed by atoms with E-state index in [1.54, 1.807) is 6.26 Å².